The van der Waals surface area contributed by atoms with Crippen LogP contribution in [0.5, 0.6) is 5.75 Å². The van der Waals surface area contributed by atoms with Crippen LogP contribution in [0.4, 0.5) is 0 Å². The summed E-state index contributed by atoms with van der Waals surface area (Å²) in [6.07, 6.45) is 0.175. The van der Waals surface area contributed by atoms with E-state index in [2.05, 4.69) is 26.8 Å². The third-order valence-electron chi connectivity index (χ3n) is 2.38. The fraction of sp³-hybridized carbons (Fsp3) is 0.600. The second-order valence-electron chi connectivity index (χ2n) is 5.73. The summed E-state index contributed by atoms with van der Waals surface area (Å²) < 4.78 is 6.05. The molecule has 18 heavy (non-hydrogen) atoms. The lowest BCUT2D eigenvalue weighted by Gasteiger charge is -2.22. The molecule has 1 aromatic carbocycles. The summed E-state index contributed by atoms with van der Waals surface area (Å²) >= 11 is 1.88. The van der Waals surface area contributed by atoms with Crippen LogP contribution in [0.1, 0.15) is 46.2 Å². The first-order chi connectivity index (χ1) is 8.29. The van der Waals surface area contributed by atoms with Crippen LogP contribution in [0.3, 0.4) is 0 Å². The number of rotatable bonds is 5. The van der Waals surface area contributed by atoms with E-state index < -0.39 is 0 Å². The predicted octanol–water partition coefficient (Wildman–Crippen LogP) is 4.01. The summed E-state index contributed by atoms with van der Waals surface area (Å²) in [4.78, 5) is 0. The van der Waals surface area contributed by atoms with E-state index >= 15 is 0 Å². The monoisotopic (exact) mass is 267 g/mol. The highest BCUT2D eigenvalue weighted by Gasteiger charge is 2.17. The summed E-state index contributed by atoms with van der Waals surface area (Å²) in [5, 5.41) is 0. The number of para-hydroxylation sites is 1. The molecular formula is C15H25NOS. The van der Waals surface area contributed by atoms with Gasteiger partial charge in [-0.05, 0) is 19.9 Å². The van der Waals surface area contributed by atoms with E-state index in [-0.39, 0.29) is 16.9 Å². The molecule has 1 rings (SSSR count). The molecule has 2 N–H and O–H groups in total. The van der Waals surface area contributed by atoms with Gasteiger partial charge >= 0.3 is 0 Å². The summed E-state index contributed by atoms with van der Waals surface area (Å²) in [5.41, 5.74) is 7.38. The molecule has 1 unspecified atom stereocenters. The van der Waals surface area contributed by atoms with E-state index in [1.807, 2.05) is 43.8 Å². The quantitative estimate of drug-likeness (QED) is 0.875. The van der Waals surface area contributed by atoms with Gasteiger partial charge in [0.05, 0.1) is 6.10 Å². The Labute approximate surface area is 115 Å². The van der Waals surface area contributed by atoms with E-state index in [0.29, 0.717) is 0 Å². The molecule has 0 fully saturated rings. The lowest BCUT2D eigenvalue weighted by molar-refractivity contribution is 0.239. The first-order valence-corrected chi connectivity index (χ1v) is 7.43. The topological polar surface area (TPSA) is 35.2 Å². The standard InChI is InChI=1S/C15H25NOS/c1-11(2)17-14-9-7-6-8-12(14)13(16)10-18-15(3,4)5/h6-9,11,13H,10,16H2,1-5H3. The fourth-order valence-electron chi connectivity index (χ4n) is 1.58. The van der Waals surface area contributed by atoms with Crippen molar-refractivity contribution in [3.8, 4) is 5.75 Å². The molecule has 0 bridgehead atoms. The Morgan fingerprint density at radius 3 is 2.39 bits per heavy atom. The molecule has 0 heterocycles. The van der Waals surface area contributed by atoms with Gasteiger partial charge in [-0.25, -0.2) is 0 Å². The second kappa shape index (κ2) is 6.48. The molecule has 0 aliphatic heterocycles. The first kappa shape index (κ1) is 15.4. The van der Waals surface area contributed by atoms with Gasteiger partial charge < -0.3 is 10.5 Å². The van der Waals surface area contributed by atoms with E-state index in [9.17, 15) is 0 Å². The molecule has 0 saturated carbocycles. The van der Waals surface area contributed by atoms with Crippen molar-refractivity contribution in [1.29, 1.82) is 0 Å². The summed E-state index contributed by atoms with van der Waals surface area (Å²) in [5.74, 6) is 1.82. The molecule has 0 amide bonds. The molecule has 2 nitrogen and oxygen atoms in total. The molecular weight excluding hydrogens is 242 g/mol. The van der Waals surface area contributed by atoms with Gasteiger partial charge in [0.15, 0.2) is 0 Å². The Bertz CT molecular complexity index is 371. The van der Waals surface area contributed by atoms with Crippen molar-refractivity contribution in [3.05, 3.63) is 29.8 Å². The first-order valence-electron chi connectivity index (χ1n) is 6.44. The minimum Gasteiger partial charge on any atom is -0.491 e. The van der Waals surface area contributed by atoms with Gasteiger partial charge in [0.2, 0.25) is 0 Å². The maximum atomic E-state index is 6.28. The van der Waals surface area contributed by atoms with Crippen molar-refractivity contribution >= 4 is 11.8 Å². The van der Waals surface area contributed by atoms with Crippen molar-refractivity contribution in [1.82, 2.24) is 0 Å². The van der Waals surface area contributed by atoms with Gasteiger partial charge in [0.1, 0.15) is 5.75 Å². The van der Waals surface area contributed by atoms with Crippen LogP contribution in [0.15, 0.2) is 24.3 Å². The highest BCUT2D eigenvalue weighted by atomic mass is 32.2. The van der Waals surface area contributed by atoms with Gasteiger partial charge in [0.25, 0.3) is 0 Å². The maximum Gasteiger partial charge on any atom is 0.124 e. The van der Waals surface area contributed by atoms with Crippen molar-refractivity contribution < 1.29 is 4.74 Å². The minimum atomic E-state index is 0.0178. The van der Waals surface area contributed by atoms with Crippen molar-refractivity contribution in [2.45, 2.75) is 51.5 Å². The number of nitrogens with two attached hydrogens (primary N) is 1. The zero-order chi connectivity index (χ0) is 13.8. The molecule has 1 atom stereocenters. The van der Waals surface area contributed by atoms with Crippen LogP contribution in [-0.2, 0) is 0 Å². The van der Waals surface area contributed by atoms with Gasteiger partial charge in [-0.1, -0.05) is 39.0 Å². The van der Waals surface area contributed by atoms with Crippen LogP contribution in [-0.4, -0.2) is 16.6 Å². The Morgan fingerprint density at radius 2 is 1.83 bits per heavy atom. The largest absolute Gasteiger partial charge is 0.491 e. The van der Waals surface area contributed by atoms with Crippen LogP contribution in [0.2, 0.25) is 0 Å². The molecule has 0 aliphatic rings. The number of thioether (sulfide) groups is 1. The normalized spacial score (nSPS) is 13.7. The van der Waals surface area contributed by atoms with Crippen LogP contribution in [0, 0.1) is 0 Å². The average molecular weight is 267 g/mol. The zero-order valence-electron chi connectivity index (χ0n) is 12.1. The third kappa shape index (κ3) is 5.32. The highest BCUT2D eigenvalue weighted by molar-refractivity contribution is 8.00. The Hall–Kier alpha value is -0.670. The number of hydrogen-bond acceptors (Lipinski definition) is 3. The Balaban J connectivity index is 2.75. The molecule has 0 saturated heterocycles. The lowest BCUT2D eigenvalue weighted by atomic mass is 10.1. The predicted molar refractivity (Wildman–Crippen MR) is 81.3 cm³/mol. The average Bonchev–Trinajstić information content (AvgIpc) is 2.25. The van der Waals surface area contributed by atoms with Crippen LogP contribution in [0.25, 0.3) is 0 Å². The summed E-state index contributed by atoms with van der Waals surface area (Å²) in [6, 6.07) is 8.08. The molecule has 102 valence electrons. The highest BCUT2D eigenvalue weighted by Crippen LogP contribution is 2.31. The molecule has 0 spiro atoms. The van der Waals surface area contributed by atoms with Crippen molar-refractivity contribution in [2.24, 2.45) is 5.73 Å². The Kier molecular flexibility index (Phi) is 5.54. The number of ether oxygens (including phenoxy) is 1. The second-order valence-corrected chi connectivity index (χ2v) is 7.58. The third-order valence-corrected chi connectivity index (χ3v) is 3.77. The van der Waals surface area contributed by atoms with Gasteiger partial charge in [-0.3, -0.25) is 0 Å². The van der Waals surface area contributed by atoms with Crippen molar-refractivity contribution in [2.75, 3.05) is 5.75 Å². The summed E-state index contributed by atoms with van der Waals surface area (Å²) in [6.45, 7) is 10.7. The van der Waals surface area contributed by atoms with E-state index in [4.69, 9.17) is 10.5 Å². The maximum absolute atomic E-state index is 6.28. The fourth-order valence-corrected chi connectivity index (χ4v) is 2.44. The molecule has 1 aromatic rings. The Morgan fingerprint density at radius 1 is 1.22 bits per heavy atom. The van der Waals surface area contributed by atoms with Gasteiger partial charge in [-0.2, -0.15) is 11.8 Å². The van der Waals surface area contributed by atoms with E-state index in [1.165, 1.54) is 0 Å². The van der Waals surface area contributed by atoms with Crippen molar-refractivity contribution in [3.63, 3.8) is 0 Å². The number of benzene rings is 1. The van der Waals surface area contributed by atoms with Gasteiger partial charge in [0, 0.05) is 22.1 Å². The smallest absolute Gasteiger partial charge is 0.124 e. The molecule has 0 aliphatic carbocycles. The minimum absolute atomic E-state index is 0.0178. The lowest BCUT2D eigenvalue weighted by Crippen LogP contribution is -2.19. The molecule has 0 aromatic heterocycles. The molecule has 3 heteroatoms. The molecule has 0 radical (unpaired) electrons. The van der Waals surface area contributed by atoms with Crippen LogP contribution < -0.4 is 10.5 Å². The zero-order valence-corrected chi connectivity index (χ0v) is 12.9. The van der Waals surface area contributed by atoms with E-state index in [1.54, 1.807) is 0 Å². The number of hydrogen-bond donors (Lipinski definition) is 1. The summed E-state index contributed by atoms with van der Waals surface area (Å²) in [7, 11) is 0. The SMILES string of the molecule is CC(C)Oc1ccccc1C(N)CSC(C)(C)C. The van der Waals surface area contributed by atoms with E-state index in [0.717, 1.165) is 17.1 Å². The van der Waals surface area contributed by atoms with Crippen LogP contribution >= 0.6 is 11.8 Å². The van der Waals surface area contributed by atoms with Gasteiger partial charge in [-0.15, -0.1) is 0 Å².